The van der Waals surface area contributed by atoms with Gasteiger partial charge in [-0.1, -0.05) is 23.2 Å². The van der Waals surface area contributed by atoms with E-state index in [9.17, 15) is 4.39 Å². The highest BCUT2D eigenvalue weighted by molar-refractivity contribution is 6.39. The minimum absolute atomic E-state index is 0.379. The van der Waals surface area contributed by atoms with Gasteiger partial charge in [-0.25, -0.2) is 4.39 Å². The number of fused-ring (bicyclic) bond motifs is 2. The van der Waals surface area contributed by atoms with Gasteiger partial charge < -0.3 is 10.2 Å². The first-order valence-electron chi connectivity index (χ1n) is 6.70. The fraction of sp³-hybridized carbons (Fsp3) is 0.571. The van der Waals surface area contributed by atoms with E-state index in [1.54, 1.807) is 0 Å². The van der Waals surface area contributed by atoms with Crippen LogP contribution in [0.25, 0.3) is 0 Å². The van der Waals surface area contributed by atoms with Crippen LogP contribution in [-0.2, 0) is 0 Å². The van der Waals surface area contributed by atoms with E-state index in [1.807, 2.05) is 7.05 Å². The molecular formula is C14H17Cl2FN2. The number of nitrogens with one attached hydrogen (secondary N) is 1. The smallest absolute Gasteiger partial charge is 0.126 e. The molecule has 5 heteroatoms. The topological polar surface area (TPSA) is 15.3 Å². The Balaban J connectivity index is 1.96. The zero-order chi connectivity index (χ0) is 13.6. The Bertz CT molecular complexity index is 457. The van der Waals surface area contributed by atoms with Crippen LogP contribution < -0.4 is 10.2 Å². The fourth-order valence-corrected chi connectivity index (χ4v) is 4.21. The molecule has 0 amide bonds. The minimum Gasteiger partial charge on any atom is -0.363 e. The van der Waals surface area contributed by atoms with Crippen LogP contribution in [0, 0.1) is 5.82 Å². The van der Waals surface area contributed by atoms with Crippen molar-refractivity contribution in [1.29, 1.82) is 0 Å². The summed E-state index contributed by atoms with van der Waals surface area (Å²) in [5.41, 5.74) is 0.812. The Morgan fingerprint density at radius 2 is 1.68 bits per heavy atom. The molecule has 1 N–H and O–H groups in total. The van der Waals surface area contributed by atoms with Crippen molar-refractivity contribution in [3.63, 3.8) is 0 Å². The second kappa shape index (κ2) is 5.12. The molecule has 0 spiro atoms. The van der Waals surface area contributed by atoms with E-state index in [-0.39, 0.29) is 5.82 Å². The Morgan fingerprint density at radius 3 is 2.16 bits per heavy atom. The number of rotatable bonds is 2. The molecule has 1 aromatic rings. The van der Waals surface area contributed by atoms with Gasteiger partial charge in [0.25, 0.3) is 0 Å². The maximum atomic E-state index is 13.3. The predicted molar refractivity (Wildman–Crippen MR) is 77.8 cm³/mol. The van der Waals surface area contributed by atoms with Crippen LogP contribution in [0.5, 0.6) is 0 Å². The molecule has 1 aromatic carbocycles. The highest BCUT2D eigenvalue weighted by Gasteiger charge is 2.41. The average Bonchev–Trinajstić information content (AvgIpc) is 2.60. The van der Waals surface area contributed by atoms with Gasteiger partial charge in [0.15, 0.2) is 0 Å². The van der Waals surface area contributed by atoms with Gasteiger partial charge in [0.2, 0.25) is 0 Å². The molecule has 0 aliphatic carbocycles. The van der Waals surface area contributed by atoms with Crippen molar-refractivity contribution in [2.24, 2.45) is 0 Å². The number of hydrogen-bond acceptors (Lipinski definition) is 2. The molecule has 2 fully saturated rings. The summed E-state index contributed by atoms with van der Waals surface area (Å²) in [6.07, 6.45) is 4.51. The highest BCUT2D eigenvalue weighted by atomic mass is 35.5. The molecule has 2 saturated heterocycles. The van der Waals surface area contributed by atoms with Gasteiger partial charge in [0.1, 0.15) is 5.82 Å². The van der Waals surface area contributed by atoms with Crippen molar-refractivity contribution in [3.8, 4) is 0 Å². The number of halogens is 3. The predicted octanol–water partition coefficient (Wildman–Crippen LogP) is 3.85. The van der Waals surface area contributed by atoms with E-state index < -0.39 is 0 Å². The first-order valence-corrected chi connectivity index (χ1v) is 7.46. The van der Waals surface area contributed by atoms with Crippen molar-refractivity contribution in [2.75, 3.05) is 11.9 Å². The maximum absolute atomic E-state index is 13.3. The summed E-state index contributed by atoms with van der Waals surface area (Å²) in [5, 5.41) is 4.20. The molecule has 0 aromatic heterocycles. The molecule has 19 heavy (non-hydrogen) atoms. The SMILES string of the molecule is CNC1CC2CCC(C1)N2c1c(Cl)cc(F)cc1Cl. The lowest BCUT2D eigenvalue weighted by molar-refractivity contribution is 0.374. The number of piperidine rings is 1. The van der Waals surface area contributed by atoms with Crippen molar-refractivity contribution in [3.05, 3.63) is 28.0 Å². The normalized spacial score (nSPS) is 29.9. The van der Waals surface area contributed by atoms with Crippen LogP contribution in [0.3, 0.4) is 0 Å². The molecular weight excluding hydrogens is 286 g/mol. The zero-order valence-corrected chi connectivity index (χ0v) is 12.3. The monoisotopic (exact) mass is 302 g/mol. The van der Waals surface area contributed by atoms with Gasteiger partial charge in [0, 0.05) is 18.1 Å². The Kier molecular flexibility index (Phi) is 3.63. The van der Waals surface area contributed by atoms with E-state index in [0.29, 0.717) is 28.2 Å². The number of hydrogen-bond donors (Lipinski definition) is 1. The van der Waals surface area contributed by atoms with Crippen LogP contribution in [0.2, 0.25) is 10.0 Å². The molecule has 2 bridgehead atoms. The lowest BCUT2D eigenvalue weighted by atomic mass is 9.96. The molecule has 0 radical (unpaired) electrons. The second-order valence-corrected chi connectivity index (χ2v) is 6.28. The fourth-order valence-electron chi connectivity index (χ4n) is 3.56. The summed E-state index contributed by atoms with van der Waals surface area (Å²) in [5.74, 6) is -0.379. The quantitative estimate of drug-likeness (QED) is 0.892. The Labute approximate surface area is 122 Å². The van der Waals surface area contributed by atoms with Crippen molar-refractivity contribution in [1.82, 2.24) is 5.32 Å². The van der Waals surface area contributed by atoms with Gasteiger partial charge in [-0.05, 0) is 44.9 Å². The number of benzene rings is 1. The standard InChI is InChI=1S/C14H17Cl2FN2/c1-18-9-6-10-2-3-11(7-9)19(10)14-12(15)4-8(17)5-13(14)16/h4-5,9-11,18H,2-3,6-7H2,1H3. The molecule has 2 nitrogen and oxygen atoms in total. The Hall–Kier alpha value is -0.510. The molecule has 2 unspecified atom stereocenters. The molecule has 104 valence electrons. The average molecular weight is 303 g/mol. The summed E-state index contributed by atoms with van der Waals surface area (Å²) >= 11 is 12.4. The molecule has 0 saturated carbocycles. The van der Waals surface area contributed by atoms with Crippen LogP contribution >= 0.6 is 23.2 Å². The third kappa shape index (κ3) is 2.32. The van der Waals surface area contributed by atoms with E-state index >= 15 is 0 Å². The molecule has 2 atom stereocenters. The molecule has 3 rings (SSSR count). The molecule has 2 aliphatic heterocycles. The van der Waals surface area contributed by atoms with E-state index in [0.717, 1.165) is 31.4 Å². The van der Waals surface area contributed by atoms with E-state index in [4.69, 9.17) is 23.2 Å². The van der Waals surface area contributed by atoms with Crippen LogP contribution in [0.4, 0.5) is 10.1 Å². The van der Waals surface area contributed by atoms with Gasteiger partial charge >= 0.3 is 0 Å². The Morgan fingerprint density at radius 1 is 1.16 bits per heavy atom. The van der Waals surface area contributed by atoms with Gasteiger partial charge in [0.05, 0.1) is 15.7 Å². The summed E-state index contributed by atoms with van der Waals surface area (Å²) in [6.45, 7) is 0. The van der Waals surface area contributed by atoms with Crippen LogP contribution in [0.15, 0.2) is 12.1 Å². The molecule has 2 aliphatic rings. The second-order valence-electron chi connectivity index (χ2n) is 5.47. The van der Waals surface area contributed by atoms with Crippen LogP contribution in [0.1, 0.15) is 25.7 Å². The van der Waals surface area contributed by atoms with E-state index in [1.165, 1.54) is 12.1 Å². The highest BCUT2D eigenvalue weighted by Crippen LogP contribution is 2.45. The first-order chi connectivity index (χ1) is 9.10. The van der Waals surface area contributed by atoms with Crippen molar-refractivity contribution in [2.45, 2.75) is 43.8 Å². The largest absolute Gasteiger partial charge is 0.363 e. The maximum Gasteiger partial charge on any atom is 0.126 e. The van der Waals surface area contributed by atoms with Gasteiger partial charge in [-0.15, -0.1) is 0 Å². The lowest BCUT2D eigenvalue weighted by Gasteiger charge is -2.41. The zero-order valence-electron chi connectivity index (χ0n) is 10.8. The third-order valence-corrected chi connectivity index (χ3v) is 4.96. The first kappa shape index (κ1) is 13.5. The van der Waals surface area contributed by atoms with Gasteiger partial charge in [-0.3, -0.25) is 0 Å². The van der Waals surface area contributed by atoms with E-state index in [2.05, 4.69) is 10.2 Å². The number of anilines is 1. The summed E-state index contributed by atoms with van der Waals surface area (Å²) in [6, 6.07) is 4.18. The summed E-state index contributed by atoms with van der Waals surface area (Å²) in [7, 11) is 2.01. The molecule has 2 heterocycles. The lowest BCUT2D eigenvalue weighted by Crippen LogP contribution is -2.48. The van der Waals surface area contributed by atoms with Crippen molar-refractivity contribution >= 4 is 28.9 Å². The minimum atomic E-state index is -0.379. The van der Waals surface area contributed by atoms with Gasteiger partial charge in [-0.2, -0.15) is 0 Å². The summed E-state index contributed by atoms with van der Waals surface area (Å²) in [4.78, 5) is 2.32. The third-order valence-electron chi connectivity index (χ3n) is 4.38. The van der Waals surface area contributed by atoms with Crippen LogP contribution in [-0.4, -0.2) is 25.2 Å². The van der Waals surface area contributed by atoms with Crippen molar-refractivity contribution < 1.29 is 4.39 Å². The number of nitrogens with zero attached hydrogens (tertiary/aromatic N) is 1. The summed E-state index contributed by atoms with van der Waals surface area (Å²) < 4.78 is 13.3.